The van der Waals surface area contributed by atoms with E-state index in [0.29, 0.717) is 0 Å². The molecule has 0 spiro atoms. The van der Waals surface area contributed by atoms with Gasteiger partial charge in [0.05, 0.1) is 19.8 Å². The van der Waals surface area contributed by atoms with Crippen LogP contribution in [-0.2, 0) is 23.1 Å². The van der Waals surface area contributed by atoms with Crippen molar-refractivity contribution in [1.29, 1.82) is 0 Å². The number of aliphatic hydroxyl groups is 7. The van der Waals surface area contributed by atoms with Crippen molar-refractivity contribution in [3.05, 3.63) is 0 Å². The molecule has 2 saturated heterocycles. The largest absolute Gasteiger partial charge is 0.473 e. The summed E-state index contributed by atoms with van der Waals surface area (Å²) in [5, 5.41) is 66.6. The minimum absolute atomic E-state index is 0.440. The molecule has 14 heteroatoms. The highest BCUT2D eigenvalue weighted by atomic mass is 31.2. The first-order chi connectivity index (χ1) is 11.5. The van der Waals surface area contributed by atoms with Crippen LogP contribution in [0.3, 0.4) is 0 Å². The molecular formula is C11H21O13P. The van der Waals surface area contributed by atoms with Crippen molar-refractivity contribution in [2.75, 3.05) is 19.8 Å². The standard InChI is InChI=1S/C11H21O13P/c12-1-5-7(9(16)11(18,3-13)22-5)23-25(19,20)24-8-6(15)4(14)2-21-10(8)17/h4-10,12-18H,1-3H2,(H,19,20)/t4-,5+,6+,7-,8+,9-,10+,11+/m0/s1. The summed E-state index contributed by atoms with van der Waals surface area (Å²) < 4.78 is 30.8. The lowest BCUT2D eigenvalue weighted by Crippen LogP contribution is -2.53. The number of rotatable bonds is 6. The maximum atomic E-state index is 12.1. The van der Waals surface area contributed by atoms with Gasteiger partial charge in [0.2, 0.25) is 5.79 Å². The fraction of sp³-hybridized carbons (Fsp3) is 1.00. The Morgan fingerprint density at radius 2 is 1.72 bits per heavy atom. The maximum absolute atomic E-state index is 12.1. The summed E-state index contributed by atoms with van der Waals surface area (Å²) in [4.78, 5) is 9.78. The van der Waals surface area contributed by atoms with Gasteiger partial charge in [-0.2, -0.15) is 0 Å². The van der Waals surface area contributed by atoms with Gasteiger partial charge in [0, 0.05) is 0 Å². The minimum Gasteiger partial charge on any atom is -0.394 e. The van der Waals surface area contributed by atoms with Crippen LogP contribution in [0.4, 0.5) is 0 Å². The quantitative estimate of drug-likeness (QED) is 0.200. The summed E-state index contributed by atoms with van der Waals surface area (Å²) in [6, 6.07) is 0. The van der Waals surface area contributed by atoms with E-state index in [1.165, 1.54) is 0 Å². The summed E-state index contributed by atoms with van der Waals surface area (Å²) in [6.45, 7) is -2.38. The van der Waals surface area contributed by atoms with Crippen LogP contribution in [0.2, 0.25) is 0 Å². The topological polar surface area (TPSA) is 216 Å². The number of hydrogen-bond acceptors (Lipinski definition) is 12. The van der Waals surface area contributed by atoms with Crippen molar-refractivity contribution >= 4 is 7.82 Å². The first kappa shape index (κ1) is 21.1. The molecule has 2 rings (SSSR count). The highest BCUT2D eigenvalue weighted by molar-refractivity contribution is 7.47. The molecule has 0 bridgehead atoms. The zero-order valence-corrected chi connectivity index (χ0v) is 13.6. The van der Waals surface area contributed by atoms with Crippen molar-refractivity contribution < 1.29 is 63.7 Å². The van der Waals surface area contributed by atoms with Gasteiger partial charge in [-0.3, -0.25) is 9.05 Å². The van der Waals surface area contributed by atoms with E-state index in [1.54, 1.807) is 0 Å². The summed E-state index contributed by atoms with van der Waals surface area (Å²) in [7, 11) is -5.12. The zero-order valence-electron chi connectivity index (χ0n) is 12.7. The van der Waals surface area contributed by atoms with Crippen LogP contribution < -0.4 is 0 Å². The molecule has 148 valence electrons. The number of phosphoric acid groups is 1. The molecule has 0 aromatic rings. The lowest BCUT2D eigenvalue weighted by Gasteiger charge is -2.36. The van der Waals surface area contributed by atoms with Crippen LogP contribution in [0.5, 0.6) is 0 Å². The Labute approximate surface area is 141 Å². The van der Waals surface area contributed by atoms with E-state index in [2.05, 4.69) is 13.8 Å². The van der Waals surface area contributed by atoms with Gasteiger partial charge >= 0.3 is 7.82 Å². The highest BCUT2D eigenvalue weighted by Gasteiger charge is 2.56. The molecule has 0 amide bonds. The average molecular weight is 392 g/mol. The summed E-state index contributed by atoms with van der Waals surface area (Å²) >= 11 is 0. The Balaban J connectivity index is 2.10. The van der Waals surface area contributed by atoms with Gasteiger partial charge in [-0.1, -0.05) is 0 Å². The zero-order chi connectivity index (χ0) is 19.0. The third-order valence-electron chi connectivity index (χ3n) is 3.86. The number of hydrogen-bond donors (Lipinski definition) is 8. The SMILES string of the molecule is O=P(O)(O[C@@H]1[C@H](O)[C@@H](O)CO[C@H]1O)O[C@H]1[C@@H](CO)O[C@](O)(CO)[C@H]1O. The predicted octanol–water partition coefficient (Wildman–Crippen LogP) is -4.64. The molecule has 0 radical (unpaired) electrons. The molecular weight excluding hydrogens is 371 g/mol. The molecule has 13 nitrogen and oxygen atoms in total. The summed E-state index contributed by atoms with van der Waals surface area (Å²) in [5.74, 6) is -2.54. The van der Waals surface area contributed by atoms with Gasteiger partial charge in [-0.25, -0.2) is 4.57 Å². The first-order valence-electron chi connectivity index (χ1n) is 7.20. The van der Waals surface area contributed by atoms with Crippen molar-refractivity contribution in [3.8, 4) is 0 Å². The summed E-state index contributed by atoms with van der Waals surface area (Å²) in [5.41, 5.74) is 0. The van der Waals surface area contributed by atoms with Gasteiger partial charge in [-0.05, 0) is 0 Å². The van der Waals surface area contributed by atoms with Crippen LogP contribution in [-0.4, -0.2) is 109 Å². The highest BCUT2D eigenvalue weighted by Crippen LogP contribution is 2.50. The second kappa shape index (κ2) is 7.78. The van der Waals surface area contributed by atoms with Gasteiger partial charge < -0.3 is 50.1 Å². The van der Waals surface area contributed by atoms with Gasteiger partial charge in [0.1, 0.15) is 36.6 Å². The molecule has 25 heavy (non-hydrogen) atoms. The molecule has 0 aromatic carbocycles. The van der Waals surface area contributed by atoms with Gasteiger partial charge in [0.25, 0.3) is 0 Å². The fourth-order valence-electron chi connectivity index (χ4n) is 2.48. The Bertz CT molecular complexity index is 504. The lowest BCUT2D eigenvalue weighted by atomic mass is 10.1. The second-order valence-electron chi connectivity index (χ2n) is 5.68. The molecule has 2 fully saturated rings. The first-order valence-corrected chi connectivity index (χ1v) is 8.69. The predicted molar refractivity (Wildman–Crippen MR) is 73.5 cm³/mol. The van der Waals surface area contributed by atoms with Crippen LogP contribution in [0, 0.1) is 0 Å². The normalized spacial score (nSPS) is 47.6. The van der Waals surface area contributed by atoms with Crippen molar-refractivity contribution in [1.82, 2.24) is 0 Å². The van der Waals surface area contributed by atoms with Crippen LogP contribution in [0.1, 0.15) is 0 Å². The number of ether oxygens (including phenoxy) is 2. The average Bonchev–Trinajstić information content (AvgIpc) is 2.80. The third kappa shape index (κ3) is 4.36. The molecule has 9 atom stereocenters. The monoisotopic (exact) mass is 392 g/mol. The Kier molecular flexibility index (Phi) is 6.55. The molecule has 2 aliphatic rings. The molecule has 8 N–H and O–H groups in total. The van der Waals surface area contributed by atoms with E-state index in [9.17, 15) is 35.0 Å². The maximum Gasteiger partial charge on any atom is 0.473 e. The molecule has 1 unspecified atom stereocenters. The number of aliphatic hydroxyl groups excluding tert-OH is 6. The van der Waals surface area contributed by atoms with Gasteiger partial charge in [0.15, 0.2) is 6.29 Å². The van der Waals surface area contributed by atoms with Crippen LogP contribution in [0.15, 0.2) is 0 Å². The molecule has 0 aromatic heterocycles. The smallest absolute Gasteiger partial charge is 0.394 e. The fourth-order valence-corrected chi connectivity index (χ4v) is 3.63. The van der Waals surface area contributed by atoms with E-state index >= 15 is 0 Å². The Hall–Kier alpha value is -0.250. The minimum atomic E-state index is -5.12. The molecule has 2 aliphatic heterocycles. The van der Waals surface area contributed by atoms with E-state index in [0.717, 1.165) is 0 Å². The van der Waals surface area contributed by atoms with Crippen LogP contribution in [0.25, 0.3) is 0 Å². The summed E-state index contributed by atoms with van der Waals surface area (Å²) in [6.07, 6.45) is -12.3. The van der Waals surface area contributed by atoms with E-state index in [-0.39, 0.29) is 0 Å². The van der Waals surface area contributed by atoms with Crippen molar-refractivity contribution in [3.63, 3.8) is 0 Å². The van der Waals surface area contributed by atoms with E-state index in [1.807, 2.05) is 0 Å². The third-order valence-corrected chi connectivity index (χ3v) is 4.88. The van der Waals surface area contributed by atoms with Crippen molar-refractivity contribution in [2.24, 2.45) is 0 Å². The molecule has 2 heterocycles. The second-order valence-corrected chi connectivity index (χ2v) is 7.04. The van der Waals surface area contributed by atoms with Crippen molar-refractivity contribution in [2.45, 2.75) is 48.7 Å². The number of phosphoric ester groups is 1. The molecule has 0 saturated carbocycles. The van der Waals surface area contributed by atoms with Crippen LogP contribution >= 0.6 is 7.82 Å². The van der Waals surface area contributed by atoms with E-state index in [4.69, 9.17) is 14.9 Å². The van der Waals surface area contributed by atoms with Gasteiger partial charge in [-0.15, -0.1) is 0 Å². The Morgan fingerprint density at radius 3 is 2.28 bits per heavy atom. The lowest BCUT2D eigenvalue weighted by molar-refractivity contribution is -0.249. The molecule has 0 aliphatic carbocycles. The Morgan fingerprint density at radius 1 is 1.12 bits per heavy atom. The van der Waals surface area contributed by atoms with E-state index < -0.39 is 76.3 Å².